The van der Waals surface area contributed by atoms with Gasteiger partial charge in [0.05, 0.1) is 0 Å². The van der Waals surface area contributed by atoms with Crippen LogP contribution in [0.3, 0.4) is 0 Å². The van der Waals surface area contributed by atoms with Crippen molar-refractivity contribution in [2.75, 3.05) is 19.4 Å². The minimum absolute atomic E-state index is 0.310. The third-order valence-electron chi connectivity index (χ3n) is 3.73. The molecule has 0 radical (unpaired) electrons. The third kappa shape index (κ3) is 4.33. The molecule has 0 saturated carbocycles. The molecule has 0 aliphatic rings. The molecule has 2 rings (SSSR count). The van der Waals surface area contributed by atoms with Crippen LogP contribution < -0.4 is 5.32 Å². The first-order valence-electron chi connectivity index (χ1n) is 7.53. The van der Waals surface area contributed by atoms with E-state index in [-0.39, 0.29) is 0 Å². The first-order chi connectivity index (χ1) is 9.95. The van der Waals surface area contributed by atoms with Gasteiger partial charge in [0.1, 0.15) is 0 Å². The second kappa shape index (κ2) is 6.77. The van der Waals surface area contributed by atoms with Crippen LogP contribution in [0.15, 0.2) is 42.5 Å². The van der Waals surface area contributed by atoms with Crippen molar-refractivity contribution in [3.8, 4) is 0 Å². The summed E-state index contributed by atoms with van der Waals surface area (Å²) in [7, 11) is 4.18. The summed E-state index contributed by atoms with van der Waals surface area (Å²) >= 11 is 0. The summed E-state index contributed by atoms with van der Waals surface area (Å²) in [6, 6.07) is 15.7. The maximum absolute atomic E-state index is 3.59. The zero-order valence-corrected chi connectivity index (χ0v) is 13.8. The smallest absolute Gasteiger partial charge is 0.0488 e. The van der Waals surface area contributed by atoms with Crippen LogP contribution in [0.4, 0.5) is 5.69 Å². The van der Waals surface area contributed by atoms with E-state index in [1.54, 1.807) is 0 Å². The standard InChI is InChI=1S/C19H26N2/c1-14-6-11-19(15(2)12-14)16(3)20-18-9-7-17(8-10-18)13-21(4)5/h6-12,16,20H,13H2,1-5H3. The van der Waals surface area contributed by atoms with Crippen molar-refractivity contribution in [3.05, 3.63) is 64.7 Å². The molecule has 0 fully saturated rings. The number of hydrogen-bond acceptors (Lipinski definition) is 2. The zero-order chi connectivity index (χ0) is 15.4. The van der Waals surface area contributed by atoms with Gasteiger partial charge in [-0.3, -0.25) is 0 Å². The van der Waals surface area contributed by atoms with Gasteiger partial charge in [-0.05, 0) is 63.7 Å². The minimum atomic E-state index is 0.310. The quantitative estimate of drug-likeness (QED) is 0.866. The number of nitrogens with zero attached hydrogens (tertiary/aromatic N) is 1. The second-order valence-corrected chi connectivity index (χ2v) is 6.16. The molecule has 0 aromatic heterocycles. The highest BCUT2D eigenvalue weighted by Gasteiger charge is 2.08. The Labute approximate surface area is 128 Å². The average Bonchev–Trinajstić information content (AvgIpc) is 2.40. The summed E-state index contributed by atoms with van der Waals surface area (Å²) < 4.78 is 0. The molecule has 2 aromatic rings. The van der Waals surface area contributed by atoms with E-state index in [0.717, 1.165) is 6.54 Å². The molecule has 0 aliphatic carbocycles. The maximum Gasteiger partial charge on any atom is 0.0488 e. The highest BCUT2D eigenvalue weighted by Crippen LogP contribution is 2.23. The number of hydrogen-bond donors (Lipinski definition) is 1. The van der Waals surface area contributed by atoms with E-state index in [9.17, 15) is 0 Å². The lowest BCUT2D eigenvalue weighted by atomic mass is 10.00. The van der Waals surface area contributed by atoms with Gasteiger partial charge in [0.15, 0.2) is 0 Å². The molecule has 21 heavy (non-hydrogen) atoms. The van der Waals surface area contributed by atoms with Gasteiger partial charge in [0.25, 0.3) is 0 Å². The lowest BCUT2D eigenvalue weighted by Crippen LogP contribution is -2.11. The number of benzene rings is 2. The van der Waals surface area contributed by atoms with Crippen LogP contribution in [0.5, 0.6) is 0 Å². The number of rotatable bonds is 5. The molecule has 0 heterocycles. The molecule has 0 saturated heterocycles. The summed E-state index contributed by atoms with van der Waals surface area (Å²) in [5, 5.41) is 3.59. The van der Waals surface area contributed by atoms with Gasteiger partial charge in [0, 0.05) is 18.3 Å². The van der Waals surface area contributed by atoms with Crippen molar-refractivity contribution in [2.45, 2.75) is 33.4 Å². The fourth-order valence-electron chi connectivity index (χ4n) is 2.71. The molecule has 0 bridgehead atoms. The zero-order valence-electron chi connectivity index (χ0n) is 13.8. The van der Waals surface area contributed by atoms with Crippen molar-refractivity contribution in [2.24, 2.45) is 0 Å². The van der Waals surface area contributed by atoms with E-state index in [2.05, 4.69) is 87.5 Å². The molecular weight excluding hydrogens is 256 g/mol. The molecule has 0 amide bonds. The molecule has 0 spiro atoms. The van der Waals surface area contributed by atoms with Crippen LogP contribution in [-0.4, -0.2) is 19.0 Å². The fourth-order valence-corrected chi connectivity index (χ4v) is 2.71. The van der Waals surface area contributed by atoms with Crippen LogP contribution in [0, 0.1) is 13.8 Å². The molecule has 1 N–H and O–H groups in total. The Bertz CT molecular complexity index is 585. The van der Waals surface area contributed by atoms with E-state index in [0.29, 0.717) is 6.04 Å². The van der Waals surface area contributed by atoms with Gasteiger partial charge in [-0.15, -0.1) is 0 Å². The Hall–Kier alpha value is -1.80. The summed E-state index contributed by atoms with van der Waals surface area (Å²) in [4.78, 5) is 2.18. The Morgan fingerprint density at radius 3 is 2.24 bits per heavy atom. The SMILES string of the molecule is Cc1ccc(C(C)Nc2ccc(CN(C)C)cc2)c(C)c1. The molecule has 2 heteroatoms. The van der Waals surface area contributed by atoms with Crippen molar-refractivity contribution >= 4 is 5.69 Å². The van der Waals surface area contributed by atoms with Crippen molar-refractivity contribution in [3.63, 3.8) is 0 Å². The maximum atomic E-state index is 3.59. The normalized spacial score (nSPS) is 12.5. The number of nitrogens with one attached hydrogen (secondary N) is 1. The molecule has 2 aromatic carbocycles. The average molecular weight is 282 g/mol. The van der Waals surface area contributed by atoms with Crippen LogP contribution in [0.2, 0.25) is 0 Å². The summed E-state index contributed by atoms with van der Waals surface area (Å²) in [5.74, 6) is 0. The summed E-state index contributed by atoms with van der Waals surface area (Å²) in [6.07, 6.45) is 0. The second-order valence-electron chi connectivity index (χ2n) is 6.16. The predicted molar refractivity (Wildman–Crippen MR) is 91.8 cm³/mol. The Kier molecular flexibility index (Phi) is 5.03. The lowest BCUT2D eigenvalue weighted by Gasteiger charge is -2.19. The third-order valence-corrected chi connectivity index (χ3v) is 3.73. The fraction of sp³-hybridized carbons (Fsp3) is 0.368. The minimum Gasteiger partial charge on any atom is -0.379 e. The van der Waals surface area contributed by atoms with Gasteiger partial charge < -0.3 is 10.2 Å². The van der Waals surface area contributed by atoms with Crippen molar-refractivity contribution < 1.29 is 0 Å². The molecular formula is C19H26N2. The van der Waals surface area contributed by atoms with Crippen LogP contribution in [-0.2, 0) is 6.54 Å². The predicted octanol–water partition coefficient (Wildman–Crippen LogP) is 4.54. The Morgan fingerprint density at radius 2 is 1.67 bits per heavy atom. The van der Waals surface area contributed by atoms with Crippen molar-refractivity contribution in [1.82, 2.24) is 4.90 Å². The summed E-state index contributed by atoms with van der Waals surface area (Å²) in [6.45, 7) is 7.51. The van der Waals surface area contributed by atoms with Gasteiger partial charge in [-0.1, -0.05) is 35.9 Å². The molecule has 0 aliphatic heterocycles. The highest BCUT2D eigenvalue weighted by molar-refractivity contribution is 5.47. The Morgan fingerprint density at radius 1 is 1.00 bits per heavy atom. The summed E-state index contributed by atoms with van der Waals surface area (Å²) in [5.41, 5.74) is 6.53. The van der Waals surface area contributed by atoms with Gasteiger partial charge in [-0.2, -0.15) is 0 Å². The van der Waals surface area contributed by atoms with E-state index < -0.39 is 0 Å². The topological polar surface area (TPSA) is 15.3 Å². The molecule has 2 nitrogen and oxygen atoms in total. The van der Waals surface area contributed by atoms with E-state index in [1.807, 2.05) is 0 Å². The van der Waals surface area contributed by atoms with Crippen LogP contribution >= 0.6 is 0 Å². The van der Waals surface area contributed by atoms with Gasteiger partial charge >= 0.3 is 0 Å². The van der Waals surface area contributed by atoms with Crippen molar-refractivity contribution in [1.29, 1.82) is 0 Å². The van der Waals surface area contributed by atoms with Gasteiger partial charge in [-0.25, -0.2) is 0 Å². The molecule has 1 atom stereocenters. The van der Waals surface area contributed by atoms with E-state index >= 15 is 0 Å². The number of aryl methyl sites for hydroxylation is 2. The first kappa shape index (κ1) is 15.6. The van der Waals surface area contributed by atoms with Gasteiger partial charge in [0.2, 0.25) is 0 Å². The molecule has 112 valence electrons. The highest BCUT2D eigenvalue weighted by atomic mass is 15.0. The monoisotopic (exact) mass is 282 g/mol. The van der Waals surface area contributed by atoms with E-state index in [1.165, 1.54) is 27.9 Å². The lowest BCUT2D eigenvalue weighted by molar-refractivity contribution is 0.402. The van der Waals surface area contributed by atoms with E-state index in [4.69, 9.17) is 0 Å². The number of anilines is 1. The van der Waals surface area contributed by atoms with Crippen LogP contribution in [0.25, 0.3) is 0 Å². The first-order valence-corrected chi connectivity index (χ1v) is 7.53. The van der Waals surface area contributed by atoms with Crippen LogP contribution in [0.1, 0.15) is 35.2 Å². The largest absolute Gasteiger partial charge is 0.379 e. The Balaban J connectivity index is 2.06. The molecule has 1 unspecified atom stereocenters.